The maximum absolute atomic E-state index is 13.1. The van der Waals surface area contributed by atoms with Crippen LogP contribution in [0.4, 0.5) is 0 Å². The fraction of sp³-hybridized carbons (Fsp3) is 0.400. The van der Waals surface area contributed by atoms with E-state index in [0.29, 0.717) is 31.7 Å². The first kappa shape index (κ1) is 26.0. The van der Waals surface area contributed by atoms with Gasteiger partial charge in [-0.2, -0.15) is 0 Å². The first-order valence-electron chi connectivity index (χ1n) is 11.7. The van der Waals surface area contributed by atoms with Crippen molar-refractivity contribution in [2.24, 2.45) is 0 Å². The van der Waals surface area contributed by atoms with Crippen molar-refractivity contribution in [1.29, 1.82) is 0 Å². The molecule has 3 heterocycles. The molecule has 2 aliphatic heterocycles. The molecule has 0 radical (unpaired) electrons. The minimum absolute atomic E-state index is 0.0270. The fourth-order valence-electron chi connectivity index (χ4n) is 4.44. The Morgan fingerprint density at radius 2 is 1.69 bits per heavy atom. The molecule has 0 saturated carbocycles. The van der Waals surface area contributed by atoms with E-state index < -0.39 is 27.8 Å². The van der Waals surface area contributed by atoms with Crippen LogP contribution in [-0.4, -0.2) is 97.8 Å². The highest BCUT2D eigenvalue weighted by molar-refractivity contribution is 7.89. The molecule has 2 fully saturated rings. The number of morpholine rings is 1. The van der Waals surface area contributed by atoms with E-state index in [-0.39, 0.29) is 21.8 Å². The van der Waals surface area contributed by atoms with Gasteiger partial charge in [0.05, 0.1) is 29.7 Å². The summed E-state index contributed by atoms with van der Waals surface area (Å²) in [5, 5.41) is 11.2. The summed E-state index contributed by atoms with van der Waals surface area (Å²) >= 11 is 0. The second-order valence-corrected chi connectivity index (χ2v) is 11.0. The van der Waals surface area contributed by atoms with Gasteiger partial charge in [0, 0.05) is 58.2 Å². The van der Waals surface area contributed by atoms with Gasteiger partial charge in [0.2, 0.25) is 10.0 Å². The molecule has 1 aromatic heterocycles. The van der Waals surface area contributed by atoms with Crippen LogP contribution in [0, 0.1) is 0 Å². The van der Waals surface area contributed by atoms with E-state index in [4.69, 9.17) is 4.74 Å². The van der Waals surface area contributed by atoms with Crippen LogP contribution in [-0.2, 0) is 24.3 Å². The molecular weight excluding hydrogens is 484 g/mol. The van der Waals surface area contributed by atoms with Crippen molar-refractivity contribution in [3.05, 3.63) is 65.5 Å². The topological polar surface area (TPSA) is 120 Å². The van der Waals surface area contributed by atoms with Crippen LogP contribution in [0.3, 0.4) is 0 Å². The number of ketones is 1. The van der Waals surface area contributed by atoms with Gasteiger partial charge in [-0.1, -0.05) is 0 Å². The molecule has 4 rings (SSSR count). The highest BCUT2D eigenvalue weighted by atomic mass is 32.2. The zero-order chi connectivity index (χ0) is 25.9. The van der Waals surface area contributed by atoms with Crippen molar-refractivity contribution >= 4 is 27.5 Å². The van der Waals surface area contributed by atoms with Crippen LogP contribution in [0.5, 0.6) is 0 Å². The summed E-state index contributed by atoms with van der Waals surface area (Å²) in [5.41, 5.74) is 0.878. The number of likely N-dealkylation sites (tertiary alicyclic amines) is 1. The first-order valence-corrected chi connectivity index (χ1v) is 13.2. The van der Waals surface area contributed by atoms with Crippen LogP contribution < -0.4 is 0 Å². The molecule has 1 atom stereocenters. The Bertz CT molecular complexity index is 1240. The van der Waals surface area contributed by atoms with Gasteiger partial charge < -0.3 is 14.7 Å². The highest BCUT2D eigenvalue weighted by Gasteiger charge is 2.45. The quantitative estimate of drug-likeness (QED) is 0.320. The molecule has 2 aliphatic rings. The number of Topliss-reactive ketones (excluding diaryl/α,β-unsaturated/α-hetero) is 1. The van der Waals surface area contributed by atoms with Gasteiger partial charge in [-0.05, 0) is 48.4 Å². The van der Waals surface area contributed by atoms with Crippen molar-refractivity contribution in [3.63, 3.8) is 0 Å². The molecule has 1 N–H and O–H groups in total. The third kappa shape index (κ3) is 5.19. The van der Waals surface area contributed by atoms with Crippen LogP contribution >= 0.6 is 0 Å². The normalized spacial score (nSPS) is 20.9. The molecule has 192 valence electrons. The molecule has 1 aromatic carbocycles. The molecule has 10 nitrogen and oxygen atoms in total. The standard InChI is InChI=1S/C25H30N4O6S/c1-27(2)36(33,34)20-6-4-19(5-7-20)23(30)21-22(18-8-10-26-11-9-18)29(25(32)24(21)31)13-3-12-28-14-16-35-17-15-28/h4-11,22,30H,3,12-17H2,1-2H3/t22-/m1/s1. The predicted molar refractivity (Wildman–Crippen MR) is 132 cm³/mol. The zero-order valence-electron chi connectivity index (χ0n) is 20.3. The van der Waals surface area contributed by atoms with Gasteiger partial charge >= 0.3 is 0 Å². The number of ether oxygens (including phenoxy) is 1. The van der Waals surface area contributed by atoms with E-state index >= 15 is 0 Å². The minimum Gasteiger partial charge on any atom is -0.507 e. The van der Waals surface area contributed by atoms with E-state index in [1.54, 1.807) is 24.5 Å². The van der Waals surface area contributed by atoms with Crippen LogP contribution in [0.1, 0.15) is 23.6 Å². The Morgan fingerprint density at radius 3 is 2.31 bits per heavy atom. The van der Waals surface area contributed by atoms with E-state index in [1.807, 2.05) is 0 Å². The summed E-state index contributed by atoms with van der Waals surface area (Å²) in [5.74, 6) is -1.79. The number of nitrogens with zero attached hydrogens (tertiary/aromatic N) is 4. The number of aromatic nitrogens is 1. The maximum atomic E-state index is 13.1. The zero-order valence-corrected chi connectivity index (χ0v) is 21.1. The van der Waals surface area contributed by atoms with Gasteiger partial charge in [0.1, 0.15) is 5.76 Å². The smallest absolute Gasteiger partial charge is 0.295 e. The largest absolute Gasteiger partial charge is 0.507 e. The summed E-state index contributed by atoms with van der Waals surface area (Å²) in [7, 11) is -0.794. The maximum Gasteiger partial charge on any atom is 0.295 e. The van der Waals surface area contributed by atoms with E-state index in [0.717, 1.165) is 23.9 Å². The Kier molecular flexibility index (Phi) is 7.84. The predicted octanol–water partition coefficient (Wildman–Crippen LogP) is 1.48. The monoisotopic (exact) mass is 514 g/mol. The van der Waals surface area contributed by atoms with E-state index in [1.165, 1.54) is 43.3 Å². The molecule has 0 unspecified atom stereocenters. The number of carbonyl (C=O) groups is 2. The van der Waals surface area contributed by atoms with Gasteiger partial charge in [0.15, 0.2) is 0 Å². The lowest BCUT2D eigenvalue weighted by atomic mass is 9.96. The average molecular weight is 515 g/mol. The highest BCUT2D eigenvalue weighted by Crippen LogP contribution is 2.39. The fourth-order valence-corrected chi connectivity index (χ4v) is 5.35. The summed E-state index contributed by atoms with van der Waals surface area (Å²) in [6, 6.07) is 8.25. The minimum atomic E-state index is -3.65. The summed E-state index contributed by atoms with van der Waals surface area (Å²) in [6.45, 7) is 4.10. The Labute approximate surface area is 210 Å². The van der Waals surface area contributed by atoms with Crippen molar-refractivity contribution in [2.45, 2.75) is 17.4 Å². The number of pyridine rings is 1. The van der Waals surface area contributed by atoms with Crippen LogP contribution in [0.25, 0.3) is 5.76 Å². The number of benzene rings is 1. The lowest BCUT2D eigenvalue weighted by Gasteiger charge is -2.29. The second-order valence-electron chi connectivity index (χ2n) is 8.89. The van der Waals surface area contributed by atoms with Gasteiger partial charge in [0.25, 0.3) is 11.7 Å². The van der Waals surface area contributed by atoms with Crippen LogP contribution in [0.2, 0.25) is 0 Å². The van der Waals surface area contributed by atoms with Crippen molar-refractivity contribution in [3.8, 4) is 0 Å². The molecule has 1 amide bonds. The Morgan fingerprint density at radius 1 is 1.06 bits per heavy atom. The molecular formula is C25H30N4O6S. The molecule has 0 aliphatic carbocycles. The molecule has 2 aromatic rings. The number of aliphatic hydroxyl groups is 1. The van der Waals surface area contributed by atoms with Crippen LogP contribution in [0.15, 0.2) is 59.3 Å². The number of carbonyl (C=O) groups excluding carboxylic acids is 2. The summed E-state index contributed by atoms with van der Waals surface area (Å²) < 4.78 is 31.2. The molecule has 11 heteroatoms. The van der Waals surface area contributed by atoms with Crippen molar-refractivity contribution in [1.82, 2.24) is 19.1 Å². The summed E-state index contributed by atoms with van der Waals surface area (Å²) in [6.07, 6.45) is 3.81. The second kappa shape index (κ2) is 10.9. The lowest BCUT2D eigenvalue weighted by Crippen LogP contribution is -2.38. The van der Waals surface area contributed by atoms with Crippen molar-refractivity contribution in [2.75, 3.05) is 53.5 Å². The first-order chi connectivity index (χ1) is 17.2. The average Bonchev–Trinajstić information content (AvgIpc) is 3.14. The molecule has 0 bridgehead atoms. The Hall–Kier alpha value is -3.12. The number of hydrogen-bond donors (Lipinski definition) is 1. The Balaban J connectivity index is 1.66. The third-order valence-corrected chi connectivity index (χ3v) is 8.27. The van der Waals surface area contributed by atoms with E-state index in [2.05, 4.69) is 9.88 Å². The molecule has 0 spiro atoms. The summed E-state index contributed by atoms with van der Waals surface area (Å²) in [4.78, 5) is 34.1. The molecule has 2 saturated heterocycles. The lowest BCUT2D eigenvalue weighted by molar-refractivity contribution is -0.140. The number of rotatable bonds is 8. The number of aliphatic hydroxyl groups excluding tert-OH is 1. The SMILES string of the molecule is CN(C)S(=O)(=O)c1ccc(C(O)=C2C(=O)C(=O)N(CCCN3CCOCC3)[C@@H]2c2ccncc2)cc1. The molecule has 36 heavy (non-hydrogen) atoms. The third-order valence-electron chi connectivity index (χ3n) is 6.45. The number of sulfonamides is 1. The van der Waals surface area contributed by atoms with Gasteiger partial charge in [-0.3, -0.25) is 19.5 Å². The van der Waals surface area contributed by atoms with Crippen molar-refractivity contribution < 1.29 is 27.9 Å². The van der Waals surface area contributed by atoms with Gasteiger partial charge in [-0.15, -0.1) is 0 Å². The van der Waals surface area contributed by atoms with E-state index in [9.17, 15) is 23.1 Å². The van der Waals surface area contributed by atoms with Gasteiger partial charge in [-0.25, -0.2) is 12.7 Å². The number of hydrogen-bond acceptors (Lipinski definition) is 8. The number of amides is 1.